The second-order valence-corrected chi connectivity index (χ2v) is 6.44. The van der Waals surface area contributed by atoms with E-state index in [0.29, 0.717) is 39.4 Å². The second kappa shape index (κ2) is 8.16. The molecule has 0 saturated heterocycles. The van der Waals surface area contributed by atoms with Crippen molar-refractivity contribution < 1.29 is 13.9 Å². The van der Waals surface area contributed by atoms with Crippen molar-refractivity contribution in [1.29, 1.82) is 0 Å². The number of nitrogens with zero attached hydrogens (tertiary/aromatic N) is 3. The van der Waals surface area contributed by atoms with Gasteiger partial charge in [0.2, 0.25) is 0 Å². The number of hydrogen-bond donors (Lipinski definition) is 0. The zero-order valence-corrected chi connectivity index (χ0v) is 16.4. The zero-order chi connectivity index (χ0) is 21.1. The molecule has 7 heteroatoms. The number of fused-ring (bicyclic) bond motifs is 1. The molecule has 0 unspecified atom stereocenters. The molecule has 0 fully saturated rings. The smallest absolute Gasteiger partial charge is 0.282 e. The highest BCUT2D eigenvalue weighted by molar-refractivity contribution is 5.82. The van der Waals surface area contributed by atoms with Crippen LogP contribution in [0.2, 0.25) is 0 Å². The number of hydrogen-bond acceptors (Lipinski definition) is 5. The summed E-state index contributed by atoms with van der Waals surface area (Å²) in [6.07, 6.45) is 1.49. The average Bonchev–Trinajstić information content (AvgIpc) is 2.79. The summed E-state index contributed by atoms with van der Waals surface area (Å²) in [6.45, 7) is 0. The normalized spacial score (nSPS) is 11.2. The van der Waals surface area contributed by atoms with Gasteiger partial charge in [0.05, 0.1) is 31.3 Å². The third-order valence-electron chi connectivity index (χ3n) is 4.59. The Labute approximate surface area is 171 Å². The Morgan fingerprint density at radius 1 is 0.967 bits per heavy atom. The molecule has 1 aromatic heterocycles. The predicted molar refractivity (Wildman–Crippen MR) is 114 cm³/mol. The van der Waals surface area contributed by atoms with Gasteiger partial charge in [-0.15, -0.1) is 0 Å². The lowest BCUT2D eigenvalue weighted by Gasteiger charge is -2.12. The van der Waals surface area contributed by atoms with Crippen molar-refractivity contribution in [3.63, 3.8) is 0 Å². The van der Waals surface area contributed by atoms with Gasteiger partial charge in [-0.25, -0.2) is 9.37 Å². The molecule has 3 aromatic carbocycles. The Morgan fingerprint density at radius 2 is 1.70 bits per heavy atom. The molecule has 0 saturated carbocycles. The third-order valence-corrected chi connectivity index (χ3v) is 4.59. The van der Waals surface area contributed by atoms with E-state index >= 15 is 0 Å². The van der Waals surface area contributed by atoms with E-state index in [2.05, 4.69) is 10.1 Å². The van der Waals surface area contributed by atoms with Crippen molar-refractivity contribution in [3.8, 4) is 22.9 Å². The number of methoxy groups -OCH3 is 2. The minimum Gasteiger partial charge on any atom is -0.493 e. The van der Waals surface area contributed by atoms with Crippen LogP contribution in [0.25, 0.3) is 22.3 Å². The van der Waals surface area contributed by atoms with Gasteiger partial charge in [-0.1, -0.05) is 24.3 Å². The lowest BCUT2D eigenvalue weighted by molar-refractivity contribution is 0.355. The van der Waals surface area contributed by atoms with E-state index in [9.17, 15) is 9.18 Å². The Morgan fingerprint density at radius 3 is 2.43 bits per heavy atom. The van der Waals surface area contributed by atoms with Gasteiger partial charge in [0, 0.05) is 5.56 Å². The molecule has 0 aliphatic heterocycles. The molecule has 0 atom stereocenters. The van der Waals surface area contributed by atoms with Crippen LogP contribution >= 0.6 is 0 Å². The van der Waals surface area contributed by atoms with Crippen LogP contribution in [-0.2, 0) is 0 Å². The van der Waals surface area contributed by atoms with Gasteiger partial charge in [-0.3, -0.25) is 4.79 Å². The van der Waals surface area contributed by atoms with Gasteiger partial charge in [-0.05, 0) is 48.0 Å². The molecule has 4 rings (SSSR count). The first-order chi connectivity index (χ1) is 14.6. The molecule has 150 valence electrons. The number of para-hydroxylation sites is 1. The van der Waals surface area contributed by atoms with Crippen LogP contribution in [0.1, 0.15) is 5.56 Å². The van der Waals surface area contributed by atoms with E-state index < -0.39 is 0 Å². The van der Waals surface area contributed by atoms with Crippen LogP contribution < -0.4 is 15.0 Å². The fourth-order valence-electron chi connectivity index (χ4n) is 3.07. The fourth-order valence-corrected chi connectivity index (χ4v) is 3.07. The van der Waals surface area contributed by atoms with E-state index in [1.807, 2.05) is 6.07 Å². The molecule has 0 amide bonds. The number of aromatic nitrogens is 2. The fraction of sp³-hybridized carbons (Fsp3) is 0.0870. The molecular formula is C23H18FN3O3. The van der Waals surface area contributed by atoms with Crippen LogP contribution in [-0.4, -0.2) is 30.1 Å². The zero-order valence-electron chi connectivity index (χ0n) is 16.4. The Hall–Kier alpha value is -4.00. The molecule has 0 radical (unpaired) electrons. The van der Waals surface area contributed by atoms with E-state index in [1.54, 1.807) is 55.6 Å². The van der Waals surface area contributed by atoms with E-state index in [1.165, 1.54) is 30.1 Å². The molecule has 0 spiro atoms. The SMILES string of the molecule is COc1ccc(-c2nc3ccccc3c(=O)n2N=Cc2ccc(F)cc2)cc1OC. The Kier molecular flexibility index (Phi) is 5.26. The van der Waals surface area contributed by atoms with E-state index in [0.717, 1.165) is 0 Å². The predicted octanol–water partition coefficient (Wildman–Crippen LogP) is 4.10. The monoisotopic (exact) mass is 403 g/mol. The van der Waals surface area contributed by atoms with Crippen molar-refractivity contribution in [2.75, 3.05) is 14.2 Å². The number of ether oxygens (including phenoxy) is 2. The summed E-state index contributed by atoms with van der Waals surface area (Å²) in [5.74, 6) is 1.07. The molecule has 1 heterocycles. The topological polar surface area (TPSA) is 65.7 Å². The van der Waals surface area contributed by atoms with Gasteiger partial charge < -0.3 is 9.47 Å². The van der Waals surface area contributed by atoms with Gasteiger partial charge in [-0.2, -0.15) is 9.78 Å². The molecule has 0 N–H and O–H groups in total. The molecule has 6 nitrogen and oxygen atoms in total. The highest BCUT2D eigenvalue weighted by Crippen LogP contribution is 2.31. The standard InChI is InChI=1S/C23H18FN3O3/c1-29-20-12-9-16(13-21(20)30-2)22-26-19-6-4-3-5-18(19)23(28)27(22)25-14-15-7-10-17(24)11-8-15/h3-14H,1-2H3. The van der Waals surface area contributed by atoms with E-state index in [4.69, 9.17) is 9.47 Å². The first-order valence-electron chi connectivity index (χ1n) is 9.15. The summed E-state index contributed by atoms with van der Waals surface area (Å²) in [7, 11) is 3.09. The number of benzene rings is 3. The van der Waals surface area contributed by atoms with Crippen LogP contribution in [0, 0.1) is 5.82 Å². The summed E-state index contributed by atoms with van der Waals surface area (Å²) in [5.41, 5.74) is 1.52. The number of halogens is 1. The van der Waals surface area contributed by atoms with Crippen molar-refractivity contribution in [1.82, 2.24) is 9.66 Å². The maximum atomic E-state index is 13.2. The van der Waals surface area contributed by atoms with Crippen LogP contribution in [0.5, 0.6) is 11.5 Å². The minimum atomic E-state index is -0.345. The lowest BCUT2D eigenvalue weighted by Crippen LogP contribution is -2.20. The van der Waals surface area contributed by atoms with Crippen molar-refractivity contribution in [2.24, 2.45) is 5.10 Å². The largest absolute Gasteiger partial charge is 0.493 e. The first kappa shape index (κ1) is 19.3. The summed E-state index contributed by atoms with van der Waals surface area (Å²) in [4.78, 5) is 17.8. The highest BCUT2D eigenvalue weighted by atomic mass is 19.1. The highest BCUT2D eigenvalue weighted by Gasteiger charge is 2.14. The quantitative estimate of drug-likeness (QED) is 0.471. The molecule has 4 aromatic rings. The summed E-state index contributed by atoms with van der Waals surface area (Å²) < 4.78 is 25.1. The van der Waals surface area contributed by atoms with Gasteiger partial charge >= 0.3 is 0 Å². The van der Waals surface area contributed by atoms with Gasteiger partial charge in [0.25, 0.3) is 5.56 Å². The minimum absolute atomic E-state index is 0.316. The molecule has 0 aliphatic rings. The van der Waals surface area contributed by atoms with Gasteiger partial charge in [0.1, 0.15) is 5.82 Å². The third kappa shape index (κ3) is 3.65. The average molecular weight is 403 g/mol. The van der Waals surface area contributed by atoms with Crippen LogP contribution in [0.4, 0.5) is 4.39 Å². The number of rotatable bonds is 5. The maximum Gasteiger partial charge on any atom is 0.282 e. The van der Waals surface area contributed by atoms with Crippen molar-refractivity contribution in [3.05, 3.63) is 88.5 Å². The molecule has 30 heavy (non-hydrogen) atoms. The van der Waals surface area contributed by atoms with Crippen molar-refractivity contribution >= 4 is 17.1 Å². The summed E-state index contributed by atoms with van der Waals surface area (Å²) in [5, 5.41) is 4.79. The van der Waals surface area contributed by atoms with E-state index in [-0.39, 0.29) is 11.4 Å². The molecule has 0 bridgehead atoms. The lowest BCUT2D eigenvalue weighted by atomic mass is 10.1. The van der Waals surface area contributed by atoms with Gasteiger partial charge in [0.15, 0.2) is 17.3 Å². The maximum absolute atomic E-state index is 13.2. The van der Waals surface area contributed by atoms with Crippen molar-refractivity contribution in [2.45, 2.75) is 0 Å². The Balaban J connectivity index is 1.93. The van der Waals surface area contributed by atoms with Crippen LogP contribution in [0.3, 0.4) is 0 Å². The summed E-state index contributed by atoms with van der Waals surface area (Å²) >= 11 is 0. The Bertz CT molecular complexity index is 1300. The second-order valence-electron chi connectivity index (χ2n) is 6.44. The summed E-state index contributed by atoms with van der Waals surface area (Å²) in [6, 6.07) is 18.1. The van der Waals surface area contributed by atoms with Crippen LogP contribution in [0.15, 0.2) is 76.6 Å². The first-order valence-corrected chi connectivity index (χ1v) is 9.15. The molecular weight excluding hydrogens is 385 g/mol. The molecule has 0 aliphatic carbocycles.